The fourth-order valence-electron chi connectivity index (χ4n) is 2.53. The zero-order chi connectivity index (χ0) is 16.9. The van der Waals surface area contributed by atoms with Crippen molar-refractivity contribution < 1.29 is 4.74 Å². The maximum atomic E-state index is 5.35. The summed E-state index contributed by atoms with van der Waals surface area (Å²) in [6.07, 6.45) is 0.985. The van der Waals surface area contributed by atoms with Gasteiger partial charge in [-0.3, -0.25) is 9.89 Å². The van der Waals surface area contributed by atoms with Gasteiger partial charge in [0, 0.05) is 33.4 Å². The lowest BCUT2D eigenvalue weighted by Crippen LogP contribution is -2.43. The first-order valence-corrected chi connectivity index (χ1v) is 9.49. The number of rotatable bonds is 11. The molecule has 0 radical (unpaired) electrons. The number of guanidine groups is 1. The summed E-state index contributed by atoms with van der Waals surface area (Å²) >= 11 is 1.75. The molecule has 5 nitrogen and oxygen atoms in total. The minimum Gasteiger partial charge on any atom is -0.382 e. The Balaban J connectivity index is 2.49. The Bertz CT molecular complexity index is 418. The van der Waals surface area contributed by atoms with Crippen molar-refractivity contribution in [3.8, 4) is 0 Å². The summed E-state index contributed by atoms with van der Waals surface area (Å²) in [6.45, 7) is 11.8. The number of aliphatic imine (C=N–C) groups is 1. The predicted molar refractivity (Wildman–Crippen MR) is 100 cm³/mol. The lowest BCUT2D eigenvalue weighted by Gasteiger charge is -2.30. The number of hydrogen-bond donors (Lipinski definition) is 2. The van der Waals surface area contributed by atoms with Crippen molar-refractivity contribution in [3.63, 3.8) is 0 Å². The minimum absolute atomic E-state index is 0.373. The van der Waals surface area contributed by atoms with Crippen LogP contribution in [0, 0.1) is 0 Å². The molecule has 0 aromatic carbocycles. The largest absolute Gasteiger partial charge is 0.382 e. The van der Waals surface area contributed by atoms with Crippen molar-refractivity contribution in [2.75, 3.05) is 46.4 Å². The van der Waals surface area contributed by atoms with Crippen LogP contribution in [0.2, 0.25) is 0 Å². The Morgan fingerprint density at radius 1 is 1.30 bits per heavy atom. The highest BCUT2D eigenvalue weighted by atomic mass is 32.1. The molecule has 0 aliphatic rings. The van der Waals surface area contributed by atoms with Crippen LogP contribution in [0.15, 0.2) is 21.8 Å². The molecule has 0 saturated heterocycles. The maximum Gasteiger partial charge on any atom is 0.191 e. The first kappa shape index (κ1) is 19.9. The molecule has 1 aromatic heterocycles. The van der Waals surface area contributed by atoms with E-state index in [0.717, 1.165) is 51.8 Å². The molecule has 1 unspecified atom stereocenters. The molecule has 23 heavy (non-hydrogen) atoms. The number of nitrogens with zero attached hydrogens (tertiary/aromatic N) is 2. The highest BCUT2D eigenvalue weighted by Gasteiger charge is 2.18. The van der Waals surface area contributed by atoms with Crippen LogP contribution in [-0.4, -0.2) is 57.3 Å². The van der Waals surface area contributed by atoms with Gasteiger partial charge in [-0.2, -0.15) is 11.3 Å². The Morgan fingerprint density at radius 2 is 2.09 bits per heavy atom. The molecule has 0 spiro atoms. The molecule has 0 aliphatic carbocycles. The maximum absolute atomic E-state index is 5.35. The average molecular weight is 341 g/mol. The van der Waals surface area contributed by atoms with Crippen molar-refractivity contribution in [2.24, 2.45) is 4.99 Å². The molecule has 1 rings (SSSR count). The summed E-state index contributed by atoms with van der Waals surface area (Å²) in [6, 6.07) is 2.59. The van der Waals surface area contributed by atoms with Gasteiger partial charge in [0.1, 0.15) is 0 Å². The normalized spacial score (nSPS) is 13.3. The topological polar surface area (TPSA) is 48.9 Å². The van der Waals surface area contributed by atoms with Gasteiger partial charge in [-0.05, 0) is 48.8 Å². The lowest BCUT2D eigenvalue weighted by atomic mass is 10.1. The molecule has 0 saturated carbocycles. The van der Waals surface area contributed by atoms with E-state index in [4.69, 9.17) is 4.74 Å². The molecule has 1 atom stereocenters. The van der Waals surface area contributed by atoms with Gasteiger partial charge in [0.25, 0.3) is 0 Å². The van der Waals surface area contributed by atoms with Gasteiger partial charge in [0.05, 0.1) is 6.04 Å². The number of likely N-dealkylation sites (N-methyl/N-ethyl adjacent to an activating group) is 1. The van der Waals surface area contributed by atoms with Gasteiger partial charge in [-0.1, -0.05) is 13.8 Å². The molecule has 2 N–H and O–H groups in total. The Morgan fingerprint density at radius 3 is 2.65 bits per heavy atom. The lowest BCUT2D eigenvalue weighted by molar-refractivity contribution is 0.145. The van der Waals surface area contributed by atoms with Crippen LogP contribution in [-0.2, 0) is 4.74 Å². The smallest absolute Gasteiger partial charge is 0.191 e. The summed E-state index contributed by atoms with van der Waals surface area (Å²) in [5.41, 5.74) is 1.37. The number of thiophene rings is 1. The standard InChI is InChI=1S/C17H32N4OS/c1-5-21(6-2)16(15-9-12-23-14-15)13-20-17(18-4)19-10-8-11-22-7-3/h9,12,14,16H,5-8,10-11,13H2,1-4H3,(H2,18,19,20). The molecule has 1 aromatic rings. The number of nitrogens with one attached hydrogen (secondary N) is 2. The molecular formula is C17H32N4OS. The molecule has 0 bridgehead atoms. The van der Waals surface area contributed by atoms with E-state index in [1.165, 1.54) is 5.56 Å². The van der Waals surface area contributed by atoms with Gasteiger partial charge in [0.15, 0.2) is 5.96 Å². The van der Waals surface area contributed by atoms with Gasteiger partial charge in [-0.15, -0.1) is 0 Å². The molecule has 0 amide bonds. The molecule has 6 heteroatoms. The molecular weight excluding hydrogens is 308 g/mol. The van der Waals surface area contributed by atoms with Crippen LogP contribution < -0.4 is 10.6 Å². The van der Waals surface area contributed by atoms with Gasteiger partial charge in [-0.25, -0.2) is 0 Å². The second-order valence-corrected chi connectivity index (χ2v) is 6.00. The number of hydrogen-bond acceptors (Lipinski definition) is 4. The van der Waals surface area contributed by atoms with Crippen molar-refractivity contribution in [2.45, 2.75) is 33.2 Å². The first-order chi connectivity index (χ1) is 11.3. The van der Waals surface area contributed by atoms with E-state index in [1.54, 1.807) is 11.3 Å². The van der Waals surface area contributed by atoms with E-state index in [-0.39, 0.29) is 0 Å². The first-order valence-electron chi connectivity index (χ1n) is 8.55. The minimum atomic E-state index is 0.373. The number of ether oxygens (including phenoxy) is 1. The van der Waals surface area contributed by atoms with E-state index >= 15 is 0 Å². The van der Waals surface area contributed by atoms with Crippen molar-refractivity contribution in [3.05, 3.63) is 22.4 Å². The van der Waals surface area contributed by atoms with E-state index < -0.39 is 0 Å². The van der Waals surface area contributed by atoms with Crippen LogP contribution in [0.25, 0.3) is 0 Å². The second-order valence-electron chi connectivity index (χ2n) is 5.22. The average Bonchev–Trinajstić information content (AvgIpc) is 3.10. The highest BCUT2D eigenvalue weighted by molar-refractivity contribution is 7.07. The van der Waals surface area contributed by atoms with Gasteiger partial charge in [0.2, 0.25) is 0 Å². The van der Waals surface area contributed by atoms with Crippen molar-refractivity contribution in [1.82, 2.24) is 15.5 Å². The summed E-state index contributed by atoms with van der Waals surface area (Å²) in [7, 11) is 1.81. The zero-order valence-electron chi connectivity index (χ0n) is 15.0. The van der Waals surface area contributed by atoms with Crippen molar-refractivity contribution in [1.29, 1.82) is 0 Å². The van der Waals surface area contributed by atoms with Crippen LogP contribution in [0.4, 0.5) is 0 Å². The third kappa shape index (κ3) is 7.33. The van der Waals surface area contributed by atoms with Crippen LogP contribution in [0.5, 0.6) is 0 Å². The van der Waals surface area contributed by atoms with Crippen LogP contribution >= 0.6 is 11.3 Å². The van der Waals surface area contributed by atoms with Gasteiger partial charge >= 0.3 is 0 Å². The second kappa shape index (κ2) is 12.3. The summed E-state index contributed by atoms with van der Waals surface area (Å²) in [5, 5.41) is 11.2. The summed E-state index contributed by atoms with van der Waals surface area (Å²) < 4.78 is 5.35. The van der Waals surface area contributed by atoms with E-state index in [0.29, 0.717) is 6.04 Å². The van der Waals surface area contributed by atoms with Crippen LogP contribution in [0.3, 0.4) is 0 Å². The zero-order valence-corrected chi connectivity index (χ0v) is 15.8. The SMILES string of the molecule is CCOCCCNC(=NC)NCC(c1ccsc1)N(CC)CC. The Hall–Kier alpha value is -1.11. The van der Waals surface area contributed by atoms with Gasteiger partial charge < -0.3 is 15.4 Å². The summed E-state index contributed by atoms with van der Waals surface area (Å²) in [5.74, 6) is 0.855. The highest BCUT2D eigenvalue weighted by Crippen LogP contribution is 2.22. The Labute approximate surface area is 145 Å². The molecule has 0 fully saturated rings. The van der Waals surface area contributed by atoms with Crippen LogP contribution in [0.1, 0.15) is 38.8 Å². The fourth-order valence-corrected chi connectivity index (χ4v) is 3.23. The monoisotopic (exact) mass is 340 g/mol. The molecule has 0 aliphatic heterocycles. The predicted octanol–water partition coefficient (Wildman–Crippen LogP) is 2.72. The quantitative estimate of drug-likeness (QED) is 0.369. The van der Waals surface area contributed by atoms with E-state index in [2.05, 4.69) is 51.2 Å². The third-order valence-electron chi connectivity index (χ3n) is 3.83. The molecule has 1 heterocycles. The van der Waals surface area contributed by atoms with E-state index in [1.807, 2.05) is 14.0 Å². The third-order valence-corrected chi connectivity index (χ3v) is 4.53. The summed E-state index contributed by atoms with van der Waals surface area (Å²) in [4.78, 5) is 6.78. The fraction of sp³-hybridized carbons (Fsp3) is 0.706. The van der Waals surface area contributed by atoms with Crippen molar-refractivity contribution >= 4 is 17.3 Å². The Kier molecular flexibility index (Phi) is 10.7. The van der Waals surface area contributed by atoms with E-state index in [9.17, 15) is 0 Å². The molecule has 132 valence electrons.